The zero-order chi connectivity index (χ0) is 20.4. The van der Waals surface area contributed by atoms with E-state index in [2.05, 4.69) is 13.8 Å². The molecule has 4 nitrogen and oxygen atoms in total. The SMILES string of the molecule is CCCCCCCCCCCC(CC(O)CCCCCCCC)S(=O)(=O)O. The molecule has 0 aromatic heterocycles. The van der Waals surface area contributed by atoms with Gasteiger partial charge in [-0.25, -0.2) is 0 Å². The molecule has 27 heavy (non-hydrogen) atoms. The lowest BCUT2D eigenvalue weighted by Gasteiger charge is -2.18. The van der Waals surface area contributed by atoms with E-state index in [0.29, 0.717) is 12.8 Å². The average molecular weight is 407 g/mol. The van der Waals surface area contributed by atoms with Crippen LogP contribution < -0.4 is 0 Å². The Morgan fingerprint density at radius 2 is 1.00 bits per heavy atom. The van der Waals surface area contributed by atoms with Crippen molar-refractivity contribution in [2.24, 2.45) is 0 Å². The van der Waals surface area contributed by atoms with Crippen molar-refractivity contribution in [1.82, 2.24) is 0 Å². The standard InChI is InChI=1S/C22H46O4S/c1-3-5-7-9-11-12-13-15-17-19-22(27(24,25)26)20-21(23)18-16-14-10-8-6-4-2/h21-23H,3-20H2,1-2H3,(H,24,25,26). The number of rotatable bonds is 20. The molecule has 164 valence electrons. The maximum absolute atomic E-state index is 11.6. The van der Waals surface area contributed by atoms with Crippen molar-refractivity contribution in [1.29, 1.82) is 0 Å². The molecule has 0 heterocycles. The Hall–Kier alpha value is -0.130. The number of aliphatic hydroxyl groups is 1. The summed E-state index contributed by atoms with van der Waals surface area (Å²) in [6.07, 6.45) is 18.2. The molecule has 0 rings (SSSR count). The minimum atomic E-state index is -4.07. The molecule has 0 spiro atoms. The third-order valence-corrected chi connectivity index (χ3v) is 6.75. The summed E-state index contributed by atoms with van der Waals surface area (Å²) in [5.74, 6) is 0. The van der Waals surface area contributed by atoms with Crippen molar-refractivity contribution >= 4 is 10.1 Å². The molecule has 0 saturated carbocycles. The van der Waals surface area contributed by atoms with Gasteiger partial charge in [0.05, 0.1) is 11.4 Å². The molecule has 5 heteroatoms. The summed E-state index contributed by atoms with van der Waals surface area (Å²) in [5, 5.41) is 9.35. The summed E-state index contributed by atoms with van der Waals surface area (Å²) < 4.78 is 32.7. The largest absolute Gasteiger partial charge is 0.393 e. The van der Waals surface area contributed by atoms with Gasteiger partial charge in [0.2, 0.25) is 0 Å². The Morgan fingerprint density at radius 1 is 0.630 bits per heavy atom. The minimum absolute atomic E-state index is 0.171. The first-order valence-electron chi connectivity index (χ1n) is 11.6. The maximum atomic E-state index is 11.6. The van der Waals surface area contributed by atoms with E-state index in [1.165, 1.54) is 64.2 Å². The third kappa shape index (κ3) is 17.7. The average Bonchev–Trinajstić information content (AvgIpc) is 2.61. The Morgan fingerprint density at radius 3 is 1.41 bits per heavy atom. The predicted molar refractivity (Wildman–Crippen MR) is 116 cm³/mol. The fourth-order valence-corrected chi connectivity index (χ4v) is 4.58. The van der Waals surface area contributed by atoms with Crippen molar-refractivity contribution in [3.8, 4) is 0 Å². The van der Waals surface area contributed by atoms with E-state index >= 15 is 0 Å². The number of unbranched alkanes of at least 4 members (excludes halogenated alkanes) is 13. The molecule has 2 atom stereocenters. The molecule has 2 N–H and O–H groups in total. The molecule has 2 unspecified atom stereocenters. The molecule has 0 aliphatic rings. The molecule has 0 fully saturated rings. The fourth-order valence-electron chi connectivity index (χ4n) is 3.65. The highest BCUT2D eigenvalue weighted by Crippen LogP contribution is 2.20. The zero-order valence-electron chi connectivity index (χ0n) is 18.0. The molecule has 0 aromatic rings. The van der Waals surface area contributed by atoms with E-state index < -0.39 is 21.5 Å². The minimum Gasteiger partial charge on any atom is -0.393 e. The van der Waals surface area contributed by atoms with E-state index in [4.69, 9.17) is 0 Å². The van der Waals surface area contributed by atoms with Gasteiger partial charge in [-0.3, -0.25) is 4.55 Å². The van der Waals surface area contributed by atoms with Crippen LogP contribution in [0, 0.1) is 0 Å². The van der Waals surface area contributed by atoms with Gasteiger partial charge in [-0.2, -0.15) is 8.42 Å². The Balaban J connectivity index is 3.88. The molecule has 0 aliphatic carbocycles. The highest BCUT2D eigenvalue weighted by Gasteiger charge is 2.25. The van der Waals surface area contributed by atoms with Crippen LogP contribution in [-0.4, -0.2) is 29.4 Å². The summed E-state index contributed by atoms with van der Waals surface area (Å²) in [6.45, 7) is 4.41. The number of hydrogen-bond acceptors (Lipinski definition) is 3. The van der Waals surface area contributed by atoms with Crippen LogP contribution in [-0.2, 0) is 10.1 Å². The van der Waals surface area contributed by atoms with Gasteiger partial charge in [0.15, 0.2) is 0 Å². The van der Waals surface area contributed by atoms with Crippen LogP contribution in [0.5, 0.6) is 0 Å². The van der Waals surface area contributed by atoms with E-state index in [0.717, 1.165) is 32.1 Å². The van der Waals surface area contributed by atoms with Crippen LogP contribution in [0.2, 0.25) is 0 Å². The molecule has 0 aromatic carbocycles. The quantitative estimate of drug-likeness (QED) is 0.175. The smallest absolute Gasteiger partial charge is 0.267 e. The normalized spacial score (nSPS) is 14.4. The zero-order valence-corrected chi connectivity index (χ0v) is 18.8. The first-order valence-corrected chi connectivity index (χ1v) is 13.1. The second kappa shape index (κ2) is 17.9. The lowest BCUT2D eigenvalue weighted by molar-refractivity contribution is 0.146. The van der Waals surface area contributed by atoms with Crippen LogP contribution in [0.4, 0.5) is 0 Å². The highest BCUT2D eigenvalue weighted by atomic mass is 32.2. The topological polar surface area (TPSA) is 74.6 Å². The molecular formula is C22H46O4S. The van der Waals surface area contributed by atoms with Gasteiger partial charge >= 0.3 is 0 Å². The van der Waals surface area contributed by atoms with Gasteiger partial charge in [0, 0.05) is 0 Å². The summed E-state index contributed by atoms with van der Waals surface area (Å²) in [4.78, 5) is 0. The van der Waals surface area contributed by atoms with Crippen molar-refractivity contribution in [2.45, 2.75) is 141 Å². The summed E-state index contributed by atoms with van der Waals surface area (Å²) in [7, 11) is -4.07. The second-order valence-electron chi connectivity index (χ2n) is 8.20. The van der Waals surface area contributed by atoms with Crippen molar-refractivity contribution < 1.29 is 18.1 Å². The molecule has 0 amide bonds. The van der Waals surface area contributed by atoms with Gasteiger partial charge in [-0.05, 0) is 19.3 Å². The first-order chi connectivity index (χ1) is 12.9. The van der Waals surface area contributed by atoms with Gasteiger partial charge in [0.25, 0.3) is 10.1 Å². The lowest BCUT2D eigenvalue weighted by Crippen LogP contribution is -2.26. The molecule has 0 aliphatic heterocycles. The Labute approximate surface area is 169 Å². The molecular weight excluding hydrogens is 360 g/mol. The number of aliphatic hydroxyl groups excluding tert-OH is 1. The van der Waals surface area contributed by atoms with Crippen LogP contribution in [0.1, 0.15) is 129 Å². The second-order valence-corrected chi connectivity index (χ2v) is 9.90. The van der Waals surface area contributed by atoms with Crippen molar-refractivity contribution in [3.05, 3.63) is 0 Å². The third-order valence-electron chi connectivity index (χ3n) is 5.48. The molecule has 0 bridgehead atoms. The van der Waals surface area contributed by atoms with E-state index in [-0.39, 0.29) is 6.42 Å². The van der Waals surface area contributed by atoms with Crippen molar-refractivity contribution in [2.75, 3.05) is 0 Å². The van der Waals surface area contributed by atoms with Gasteiger partial charge < -0.3 is 5.11 Å². The van der Waals surface area contributed by atoms with Gasteiger partial charge in [0.1, 0.15) is 0 Å². The lowest BCUT2D eigenvalue weighted by atomic mass is 10.0. The highest BCUT2D eigenvalue weighted by molar-refractivity contribution is 7.86. The summed E-state index contributed by atoms with van der Waals surface area (Å²) in [6, 6.07) is 0. The molecule has 0 radical (unpaired) electrons. The van der Waals surface area contributed by atoms with Crippen LogP contribution in [0.25, 0.3) is 0 Å². The van der Waals surface area contributed by atoms with Crippen LogP contribution >= 0.6 is 0 Å². The first kappa shape index (κ1) is 26.9. The summed E-state index contributed by atoms with van der Waals surface area (Å²) in [5.41, 5.74) is 0. The van der Waals surface area contributed by atoms with E-state index in [1.807, 2.05) is 0 Å². The van der Waals surface area contributed by atoms with E-state index in [9.17, 15) is 18.1 Å². The summed E-state index contributed by atoms with van der Waals surface area (Å²) >= 11 is 0. The van der Waals surface area contributed by atoms with Crippen molar-refractivity contribution in [3.63, 3.8) is 0 Å². The monoisotopic (exact) mass is 406 g/mol. The van der Waals surface area contributed by atoms with Crippen LogP contribution in [0.3, 0.4) is 0 Å². The maximum Gasteiger partial charge on any atom is 0.267 e. The van der Waals surface area contributed by atoms with E-state index in [1.54, 1.807) is 0 Å². The Bertz CT molecular complexity index is 409. The van der Waals surface area contributed by atoms with Crippen LogP contribution in [0.15, 0.2) is 0 Å². The number of hydrogen-bond donors (Lipinski definition) is 2. The van der Waals surface area contributed by atoms with Gasteiger partial charge in [-0.15, -0.1) is 0 Å². The van der Waals surface area contributed by atoms with Gasteiger partial charge in [-0.1, -0.05) is 110 Å². The fraction of sp³-hybridized carbons (Fsp3) is 1.00. The Kier molecular flexibility index (Phi) is 17.8. The molecule has 0 saturated heterocycles. The predicted octanol–water partition coefficient (Wildman–Crippen LogP) is 6.67.